The number of rotatable bonds is 3. The fourth-order valence-electron chi connectivity index (χ4n) is 1.98. The Labute approximate surface area is 115 Å². The van der Waals surface area contributed by atoms with Crippen molar-refractivity contribution in [3.8, 4) is 0 Å². The minimum atomic E-state index is -1.33. The molecule has 0 saturated carbocycles. The summed E-state index contributed by atoms with van der Waals surface area (Å²) in [5.41, 5.74) is 0.307. The van der Waals surface area contributed by atoms with E-state index in [0.717, 1.165) is 10.5 Å². The summed E-state index contributed by atoms with van der Waals surface area (Å²) >= 11 is 1.27. The highest BCUT2D eigenvalue weighted by atomic mass is 32.2. The zero-order valence-electron chi connectivity index (χ0n) is 10.5. The zero-order valence-corrected chi connectivity index (χ0v) is 11.3. The molecule has 0 radical (unpaired) electrons. The van der Waals surface area contributed by atoms with Gasteiger partial charge in [-0.1, -0.05) is 30.0 Å². The van der Waals surface area contributed by atoms with Crippen molar-refractivity contribution in [2.45, 2.75) is 41.7 Å². The largest absolute Gasteiger partial charge is 0.394 e. The van der Waals surface area contributed by atoms with Crippen LogP contribution in [0.25, 0.3) is 0 Å². The molecular formula is C13H18O5S. The highest BCUT2D eigenvalue weighted by Crippen LogP contribution is 2.34. The molecule has 0 aliphatic carbocycles. The molecule has 0 aromatic heterocycles. The molecule has 4 N–H and O–H groups in total. The van der Waals surface area contributed by atoms with Crippen molar-refractivity contribution in [3.63, 3.8) is 0 Å². The van der Waals surface area contributed by atoms with Gasteiger partial charge in [-0.25, -0.2) is 0 Å². The van der Waals surface area contributed by atoms with Crippen LogP contribution in [0.5, 0.6) is 0 Å². The van der Waals surface area contributed by atoms with Gasteiger partial charge in [-0.05, 0) is 18.6 Å². The first kappa shape index (κ1) is 14.8. The lowest BCUT2D eigenvalue weighted by atomic mass is 10.0. The molecule has 1 fully saturated rings. The Morgan fingerprint density at radius 2 is 1.79 bits per heavy atom. The van der Waals surface area contributed by atoms with E-state index in [9.17, 15) is 15.3 Å². The van der Waals surface area contributed by atoms with Crippen LogP contribution >= 0.6 is 11.8 Å². The number of aliphatic hydroxyl groups excluding tert-OH is 4. The Kier molecular flexibility index (Phi) is 4.83. The molecule has 5 nitrogen and oxygen atoms in total. The Morgan fingerprint density at radius 1 is 1.11 bits per heavy atom. The molecule has 5 atom stereocenters. The van der Waals surface area contributed by atoms with Gasteiger partial charge in [0.05, 0.1) is 6.61 Å². The van der Waals surface area contributed by atoms with Crippen molar-refractivity contribution in [2.24, 2.45) is 0 Å². The predicted octanol–water partition coefficient (Wildman–Crippen LogP) is -0.113. The molecule has 1 aromatic rings. The summed E-state index contributed by atoms with van der Waals surface area (Å²) in [5.74, 6) is 0. The number of aryl methyl sites for hydroxylation is 1. The van der Waals surface area contributed by atoms with Gasteiger partial charge < -0.3 is 25.2 Å². The van der Waals surface area contributed by atoms with Crippen molar-refractivity contribution in [1.82, 2.24) is 0 Å². The van der Waals surface area contributed by atoms with E-state index in [4.69, 9.17) is 9.84 Å². The Bertz CT molecular complexity index is 425. The van der Waals surface area contributed by atoms with Gasteiger partial charge >= 0.3 is 0 Å². The Balaban J connectivity index is 2.13. The van der Waals surface area contributed by atoms with Crippen LogP contribution in [0.1, 0.15) is 5.56 Å². The maximum Gasteiger partial charge on any atom is 0.136 e. The van der Waals surface area contributed by atoms with E-state index >= 15 is 0 Å². The van der Waals surface area contributed by atoms with Gasteiger partial charge in [0.25, 0.3) is 0 Å². The van der Waals surface area contributed by atoms with Crippen LogP contribution in [-0.4, -0.2) is 56.9 Å². The first-order chi connectivity index (χ1) is 9.04. The summed E-state index contributed by atoms with van der Waals surface area (Å²) in [6, 6.07) is 7.61. The summed E-state index contributed by atoms with van der Waals surface area (Å²) in [7, 11) is 0. The number of ether oxygens (including phenoxy) is 1. The summed E-state index contributed by atoms with van der Waals surface area (Å²) in [5, 5.41) is 38.5. The van der Waals surface area contributed by atoms with E-state index < -0.39 is 36.5 Å². The summed E-state index contributed by atoms with van der Waals surface area (Å²) in [6.45, 7) is 1.53. The standard InChI is InChI=1S/C13H18O5S/c1-7-4-2-3-5-9(7)19-13-12(17)11(16)10(15)8(6-14)18-13/h2-5,8,10-17H,6H2,1H3/t8-,10+,11+,12-,13?/m1/s1. The number of thioether (sulfide) groups is 1. The third-order valence-electron chi connectivity index (χ3n) is 3.19. The Hall–Kier alpha value is -0.630. The molecule has 1 aliphatic heterocycles. The number of hydrogen-bond donors (Lipinski definition) is 4. The second kappa shape index (κ2) is 6.21. The first-order valence-corrected chi connectivity index (χ1v) is 6.95. The SMILES string of the molecule is Cc1ccccc1SC1O[C@H](CO)[C@H](O)[C@H](O)[C@H]1O. The summed E-state index contributed by atoms with van der Waals surface area (Å²) < 4.78 is 5.44. The molecule has 1 unspecified atom stereocenters. The van der Waals surface area contributed by atoms with Crippen LogP contribution in [0, 0.1) is 6.92 Å². The fourth-order valence-corrected chi connectivity index (χ4v) is 3.14. The van der Waals surface area contributed by atoms with Gasteiger partial charge in [-0.15, -0.1) is 0 Å². The molecule has 19 heavy (non-hydrogen) atoms. The van der Waals surface area contributed by atoms with Crippen molar-refractivity contribution in [3.05, 3.63) is 29.8 Å². The van der Waals surface area contributed by atoms with Gasteiger partial charge in [0.1, 0.15) is 29.9 Å². The maximum atomic E-state index is 9.94. The zero-order chi connectivity index (χ0) is 14.0. The van der Waals surface area contributed by atoms with Crippen molar-refractivity contribution in [1.29, 1.82) is 0 Å². The normalized spacial score (nSPS) is 35.3. The smallest absolute Gasteiger partial charge is 0.136 e. The molecule has 0 amide bonds. The fraction of sp³-hybridized carbons (Fsp3) is 0.538. The molecule has 1 heterocycles. The minimum Gasteiger partial charge on any atom is -0.394 e. The van der Waals surface area contributed by atoms with Gasteiger partial charge in [0.2, 0.25) is 0 Å². The molecule has 6 heteroatoms. The second-order valence-electron chi connectivity index (χ2n) is 4.58. The minimum absolute atomic E-state index is 0.407. The summed E-state index contributed by atoms with van der Waals surface area (Å²) in [6.07, 6.45) is -4.71. The molecule has 106 valence electrons. The topological polar surface area (TPSA) is 90.2 Å². The van der Waals surface area contributed by atoms with E-state index in [1.807, 2.05) is 31.2 Å². The lowest BCUT2D eigenvalue weighted by Crippen LogP contribution is -2.57. The van der Waals surface area contributed by atoms with Crippen LogP contribution in [-0.2, 0) is 4.74 Å². The predicted molar refractivity (Wildman–Crippen MR) is 70.8 cm³/mol. The quantitative estimate of drug-likeness (QED) is 0.620. The van der Waals surface area contributed by atoms with Crippen LogP contribution < -0.4 is 0 Å². The number of aliphatic hydroxyl groups is 4. The van der Waals surface area contributed by atoms with Crippen molar-refractivity contribution in [2.75, 3.05) is 6.61 Å². The third-order valence-corrected chi connectivity index (χ3v) is 4.52. The monoisotopic (exact) mass is 286 g/mol. The van der Waals surface area contributed by atoms with Crippen LogP contribution in [0.4, 0.5) is 0 Å². The van der Waals surface area contributed by atoms with Crippen LogP contribution in [0.3, 0.4) is 0 Å². The number of hydrogen-bond acceptors (Lipinski definition) is 6. The van der Waals surface area contributed by atoms with Crippen molar-refractivity contribution >= 4 is 11.8 Å². The van der Waals surface area contributed by atoms with Crippen LogP contribution in [0.15, 0.2) is 29.2 Å². The highest BCUT2D eigenvalue weighted by molar-refractivity contribution is 7.99. The molecule has 1 aliphatic rings. The lowest BCUT2D eigenvalue weighted by Gasteiger charge is -2.39. The van der Waals surface area contributed by atoms with E-state index in [-0.39, 0.29) is 0 Å². The average Bonchev–Trinajstić information content (AvgIpc) is 2.41. The summed E-state index contributed by atoms with van der Waals surface area (Å²) in [4.78, 5) is 0.923. The molecular weight excluding hydrogens is 268 g/mol. The van der Waals surface area contributed by atoms with Crippen molar-refractivity contribution < 1.29 is 25.2 Å². The van der Waals surface area contributed by atoms with Gasteiger partial charge in [-0.2, -0.15) is 0 Å². The van der Waals surface area contributed by atoms with Crippen LogP contribution in [0.2, 0.25) is 0 Å². The van der Waals surface area contributed by atoms with E-state index in [1.54, 1.807) is 0 Å². The van der Waals surface area contributed by atoms with Gasteiger partial charge in [0, 0.05) is 4.90 Å². The molecule has 0 spiro atoms. The Morgan fingerprint density at radius 3 is 2.42 bits per heavy atom. The molecule has 2 rings (SSSR count). The van der Waals surface area contributed by atoms with Gasteiger partial charge in [-0.3, -0.25) is 0 Å². The van der Waals surface area contributed by atoms with Gasteiger partial charge in [0.15, 0.2) is 0 Å². The number of benzene rings is 1. The maximum absolute atomic E-state index is 9.94. The second-order valence-corrected chi connectivity index (χ2v) is 5.72. The van der Waals surface area contributed by atoms with E-state index in [2.05, 4.69) is 0 Å². The lowest BCUT2D eigenvalue weighted by molar-refractivity contribution is -0.205. The third kappa shape index (κ3) is 3.10. The molecule has 0 bridgehead atoms. The first-order valence-electron chi connectivity index (χ1n) is 6.07. The molecule has 1 aromatic carbocycles. The molecule has 1 saturated heterocycles. The highest BCUT2D eigenvalue weighted by Gasteiger charge is 2.43. The van der Waals surface area contributed by atoms with E-state index in [0.29, 0.717) is 0 Å². The average molecular weight is 286 g/mol. The van der Waals surface area contributed by atoms with E-state index in [1.165, 1.54) is 11.8 Å².